The number of rotatable bonds is 5. The molecule has 0 bridgehead atoms. The summed E-state index contributed by atoms with van der Waals surface area (Å²) in [5, 5.41) is 0. The maximum atomic E-state index is 11.2. The van der Waals surface area contributed by atoms with Crippen molar-refractivity contribution in [1.29, 1.82) is 0 Å². The van der Waals surface area contributed by atoms with Gasteiger partial charge in [0, 0.05) is 0 Å². The Bertz CT molecular complexity index is 191. The largest absolute Gasteiger partial charge is 0.458 e. The Kier molecular flexibility index (Phi) is 5.46. The molecule has 0 aromatic rings. The average molecular weight is 200 g/mol. The molecular weight excluding hydrogens is 180 g/mol. The Labute approximate surface area is 86.1 Å². The van der Waals surface area contributed by atoms with E-state index in [1.54, 1.807) is 6.08 Å². The minimum atomic E-state index is -0.448. The van der Waals surface area contributed by atoms with Crippen LogP contribution in [0.1, 0.15) is 34.1 Å². The minimum Gasteiger partial charge on any atom is -0.458 e. The molecule has 0 aliphatic rings. The van der Waals surface area contributed by atoms with Gasteiger partial charge in [0.25, 0.3) is 0 Å². The first-order chi connectivity index (χ1) is 6.39. The van der Waals surface area contributed by atoms with E-state index in [2.05, 4.69) is 6.58 Å². The van der Waals surface area contributed by atoms with Crippen molar-refractivity contribution < 1.29 is 14.3 Å². The number of hydrogen-bond acceptors (Lipinski definition) is 3. The molecule has 3 nitrogen and oxygen atoms in total. The van der Waals surface area contributed by atoms with Crippen molar-refractivity contribution >= 4 is 5.97 Å². The fourth-order valence-electron chi connectivity index (χ4n) is 0.899. The maximum absolute atomic E-state index is 11.2. The van der Waals surface area contributed by atoms with Crippen molar-refractivity contribution in [2.45, 2.75) is 45.8 Å². The predicted octanol–water partition coefficient (Wildman–Crippen LogP) is 2.31. The Hall–Kier alpha value is -0.830. The van der Waals surface area contributed by atoms with Crippen molar-refractivity contribution in [3.8, 4) is 0 Å². The summed E-state index contributed by atoms with van der Waals surface area (Å²) in [4.78, 5) is 11.2. The quantitative estimate of drug-likeness (QED) is 0.504. The molecule has 0 saturated heterocycles. The highest BCUT2D eigenvalue weighted by molar-refractivity contribution is 5.71. The van der Waals surface area contributed by atoms with E-state index in [4.69, 9.17) is 9.47 Å². The SMILES string of the molecule is C=CC(CC)OCC(=O)OC(C)(C)C. The monoisotopic (exact) mass is 200 g/mol. The molecule has 1 atom stereocenters. The van der Waals surface area contributed by atoms with Gasteiger partial charge in [0.2, 0.25) is 0 Å². The van der Waals surface area contributed by atoms with Crippen LogP contribution in [-0.4, -0.2) is 24.3 Å². The molecule has 0 aromatic carbocycles. The van der Waals surface area contributed by atoms with E-state index in [9.17, 15) is 4.79 Å². The fourth-order valence-corrected chi connectivity index (χ4v) is 0.899. The van der Waals surface area contributed by atoms with E-state index < -0.39 is 5.60 Å². The molecule has 0 radical (unpaired) electrons. The van der Waals surface area contributed by atoms with Crippen LogP contribution in [0.5, 0.6) is 0 Å². The van der Waals surface area contributed by atoms with Crippen LogP contribution in [0.3, 0.4) is 0 Å². The highest BCUT2D eigenvalue weighted by Gasteiger charge is 2.16. The Balaban J connectivity index is 3.79. The smallest absolute Gasteiger partial charge is 0.332 e. The van der Waals surface area contributed by atoms with Crippen LogP contribution < -0.4 is 0 Å². The molecule has 0 heterocycles. The maximum Gasteiger partial charge on any atom is 0.332 e. The zero-order valence-electron chi connectivity index (χ0n) is 9.50. The molecule has 0 aromatic heterocycles. The van der Waals surface area contributed by atoms with E-state index in [0.717, 1.165) is 6.42 Å². The van der Waals surface area contributed by atoms with Crippen molar-refractivity contribution in [3.05, 3.63) is 12.7 Å². The number of esters is 1. The zero-order valence-corrected chi connectivity index (χ0v) is 9.50. The summed E-state index contributed by atoms with van der Waals surface area (Å²) in [6.07, 6.45) is 2.43. The van der Waals surface area contributed by atoms with Crippen molar-refractivity contribution in [3.63, 3.8) is 0 Å². The number of carbonyl (C=O) groups is 1. The van der Waals surface area contributed by atoms with Gasteiger partial charge in [-0.15, -0.1) is 6.58 Å². The lowest BCUT2D eigenvalue weighted by molar-refractivity contribution is -0.161. The van der Waals surface area contributed by atoms with Gasteiger partial charge in [0.05, 0.1) is 6.10 Å². The molecule has 0 aliphatic carbocycles. The standard InChI is InChI=1S/C11H20O3/c1-6-9(7-2)13-8-10(12)14-11(3,4)5/h6,9H,1,7-8H2,2-5H3. The number of carbonyl (C=O) groups excluding carboxylic acids is 1. The third kappa shape index (κ3) is 6.66. The zero-order chi connectivity index (χ0) is 11.2. The van der Waals surface area contributed by atoms with Crippen LogP contribution in [0.15, 0.2) is 12.7 Å². The Morgan fingerprint density at radius 3 is 2.43 bits per heavy atom. The molecule has 0 rings (SSSR count). The molecule has 3 heteroatoms. The van der Waals surface area contributed by atoms with Crippen molar-refractivity contribution in [1.82, 2.24) is 0 Å². The van der Waals surface area contributed by atoms with Gasteiger partial charge in [-0.1, -0.05) is 13.0 Å². The average Bonchev–Trinajstić information content (AvgIpc) is 2.03. The summed E-state index contributed by atoms with van der Waals surface area (Å²) in [5.74, 6) is -0.335. The summed E-state index contributed by atoms with van der Waals surface area (Å²) in [5.41, 5.74) is -0.448. The van der Waals surface area contributed by atoms with E-state index in [0.29, 0.717) is 0 Å². The van der Waals surface area contributed by atoms with E-state index >= 15 is 0 Å². The van der Waals surface area contributed by atoms with Gasteiger partial charge < -0.3 is 9.47 Å². The van der Waals surface area contributed by atoms with E-state index in [1.165, 1.54) is 0 Å². The fraction of sp³-hybridized carbons (Fsp3) is 0.727. The van der Waals surface area contributed by atoms with Crippen molar-refractivity contribution in [2.75, 3.05) is 6.61 Å². The molecule has 0 amide bonds. The molecule has 0 fully saturated rings. The van der Waals surface area contributed by atoms with E-state index in [-0.39, 0.29) is 18.7 Å². The lowest BCUT2D eigenvalue weighted by Gasteiger charge is -2.20. The number of ether oxygens (including phenoxy) is 2. The minimum absolute atomic E-state index is 0.0121. The highest BCUT2D eigenvalue weighted by Crippen LogP contribution is 2.07. The number of hydrogen-bond donors (Lipinski definition) is 0. The van der Waals surface area contributed by atoms with E-state index in [1.807, 2.05) is 27.7 Å². The normalized spacial score (nSPS) is 13.4. The van der Waals surface area contributed by atoms with Gasteiger partial charge >= 0.3 is 5.97 Å². The second-order valence-corrected chi connectivity index (χ2v) is 4.08. The molecular formula is C11H20O3. The Morgan fingerprint density at radius 2 is 2.07 bits per heavy atom. The van der Waals surface area contributed by atoms with Gasteiger partial charge in [0.15, 0.2) is 0 Å². The molecule has 14 heavy (non-hydrogen) atoms. The molecule has 0 aliphatic heterocycles. The second kappa shape index (κ2) is 5.81. The van der Waals surface area contributed by atoms with Gasteiger partial charge in [-0.3, -0.25) is 0 Å². The summed E-state index contributed by atoms with van der Waals surface area (Å²) in [6.45, 7) is 11.1. The lowest BCUT2D eigenvalue weighted by atomic mass is 10.2. The second-order valence-electron chi connectivity index (χ2n) is 4.08. The van der Waals surface area contributed by atoms with Crippen LogP contribution in [0.4, 0.5) is 0 Å². The summed E-state index contributed by atoms with van der Waals surface area (Å²) < 4.78 is 10.3. The van der Waals surface area contributed by atoms with Gasteiger partial charge in [-0.25, -0.2) is 4.79 Å². The molecule has 82 valence electrons. The van der Waals surface area contributed by atoms with Crippen LogP contribution in [0, 0.1) is 0 Å². The van der Waals surface area contributed by atoms with Crippen molar-refractivity contribution in [2.24, 2.45) is 0 Å². The van der Waals surface area contributed by atoms with Crippen LogP contribution in [0.2, 0.25) is 0 Å². The van der Waals surface area contributed by atoms with Crippen LogP contribution in [-0.2, 0) is 14.3 Å². The Morgan fingerprint density at radius 1 is 1.50 bits per heavy atom. The first kappa shape index (κ1) is 13.2. The first-order valence-electron chi connectivity index (χ1n) is 4.85. The van der Waals surface area contributed by atoms with Gasteiger partial charge in [-0.05, 0) is 27.2 Å². The lowest BCUT2D eigenvalue weighted by Crippen LogP contribution is -2.27. The van der Waals surface area contributed by atoms with Gasteiger partial charge in [0.1, 0.15) is 12.2 Å². The summed E-state index contributed by atoms with van der Waals surface area (Å²) in [6, 6.07) is 0. The molecule has 0 spiro atoms. The summed E-state index contributed by atoms with van der Waals surface area (Å²) in [7, 11) is 0. The predicted molar refractivity (Wildman–Crippen MR) is 56.1 cm³/mol. The highest BCUT2D eigenvalue weighted by atomic mass is 16.6. The third-order valence-corrected chi connectivity index (χ3v) is 1.50. The molecule has 1 unspecified atom stereocenters. The molecule has 0 saturated carbocycles. The molecule has 0 N–H and O–H groups in total. The summed E-state index contributed by atoms with van der Waals surface area (Å²) >= 11 is 0. The third-order valence-electron chi connectivity index (χ3n) is 1.50. The van der Waals surface area contributed by atoms with Crippen LogP contribution >= 0.6 is 0 Å². The first-order valence-corrected chi connectivity index (χ1v) is 4.85. The van der Waals surface area contributed by atoms with Gasteiger partial charge in [-0.2, -0.15) is 0 Å². The van der Waals surface area contributed by atoms with Crippen LogP contribution in [0.25, 0.3) is 0 Å². The topological polar surface area (TPSA) is 35.5 Å².